The van der Waals surface area contributed by atoms with Gasteiger partial charge in [0, 0.05) is 0 Å². The molecule has 6 heteroatoms. The summed E-state index contributed by atoms with van der Waals surface area (Å²) in [5.41, 5.74) is 0.561. The molecule has 1 aliphatic heterocycles. The molecular weight excluding hydrogens is 312 g/mol. The molecule has 0 bridgehead atoms. The number of aromatic hydroxyl groups is 2. The van der Waals surface area contributed by atoms with Crippen LogP contribution in [-0.2, 0) is 0 Å². The minimum Gasteiger partial charge on any atom is -0.504 e. The second kappa shape index (κ2) is 4.32. The maximum absolute atomic E-state index is 12.9. The zero-order valence-corrected chi connectivity index (χ0v) is 12.2. The zero-order chi connectivity index (χ0) is 16.4. The fourth-order valence-corrected chi connectivity index (χ4v) is 3.07. The summed E-state index contributed by atoms with van der Waals surface area (Å²) < 4.78 is 16.6. The average Bonchev–Trinajstić information content (AvgIpc) is 3.03. The third-order valence-corrected chi connectivity index (χ3v) is 4.22. The Hall–Kier alpha value is -3.41. The van der Waals surface area contributed by atoms with E-state index >= 15 is 0 Å². The van der Waals surface area contributed by atoms with E-state index in [0.717, 1.165) is 0 Å². The van der Waals surface area contributed by atoms with Gasteiger partial charge in [-0.15, -0.1) is 0 Å². The zero-order valence-electron chi connectivity index (χ0n) is 12.2. The van der Waals surface area contributed by atoms with E-state index in [4.69, 9.17) is 13.9 Å². The Kier molecular flexibility index (Phi) is 2.35. The number of benzene rings is 3. The largest absolute Gasteiger partial charge is 0.504 e. The number of phenols is 2. The van der Waals surface area contributed by atoms with E-state index in [9.17, 15) is 15.0 Å². The van der Waals surface area contributed by atoms with Crippen LogP contribution in [0.1, 0.15) is 0 Å². The number of phenolic OH excluding ortho intramolecular Hbond substituents is 2. The van der Waals surface area contributed by atoms with Crippen molar-refractivity contribution in [1.29, 1.82) is 0 Å². The van der Waals surface area contributed by atoms with Gasteiger partial charge in [0.25, 0.3) is 0 Å². The molecule has 0 amide bonds. The predicted molar refractivity (Wildman–Crippen MR) is 86.9 cm³/mol. The predicted octanol–water partition coefficient (Wildman–Crippen LogP) is 3.24. The highest BCUT2D eigenvalue weighted by Gasteiger charge is 2.21. The molecule has 0 saturated carbocycles. The van der Waals surface area contributed by atoms with Crippen molar-refractivity contribution in [2.75, 3.05) is 6.79 Å². The molecule has 5 rings (SSSR count). The molecule has 1 aromatic heterocycles. The molecule has 118 valence electrons. The monoisotopic (exact) mass is 322 g/mol. The van der Waals surface area contributed by atoms with Crippen LogP contribution in [0.5, 0.6) is 23.0 Å². The summed E-state index contributed by atoms with van der Waals surface area (Å²) in [7, 11) is 0. The molecule has 0 fully saturated rings. The normalized spacial score (nSPS) is 13.2. The molecule has 0 spiro atoms. The first-order valence-electron chi connectivity index (χ1n) is 7.27. The fourth-order valence-electron chi connectivity index (χ4n) is 3.07. The highest BCUT2D eigenvalue weighted by molar-refractivity contribution is 6.01. The van der Waals surface area contributed by atoms with E-state index in [2.05, 4.69) is 0 Å². The Morgan fingerprint density at radius 3 is 2.42 bits per heavy atom. The summed E-state index contributed by atoms with van der Waals surface area (Å²) >= 11 is 0. The molecule has 0 aliphatic carbocycles. The van der Waals surface area contributed by atoms with Gasteiger partial charge < -0.3 is 24.1 Å². The molecule has 0 unspecified atom stereocenters. The Balaban J connectivity index is 1.97. The van der Waals surface area contributed by atoms with Crippen LogP contribution in [0.25, 0.3) is 32.7 Å². The van der Waals surface area contributed by atoms with Gasteiger partial charge in [-0.2, -0.15) is 0 Å². The molecule has 6 nitrogen and oxygen atoms in total. The van der Waals surface area contributed by atoms with E-state index in [1.54, 1.807) is 24.3 Å². The summed E-state index contributed by atoms with van der Waals surface area (Å²) in [5.74, 6) is 0.423. The Labute approximate surface area is 134 Å². The molecule has 4 aromatic rings. The number of hydrogen-bond donors (Lipinski definition) is 2. The lowest BCUT2D eigenvalue weighted by atomic mass is 10.0. The molecule has 2 N–H and O–H groups in total. The van der Waals surface area contributed by atoms with Crippen LogP contribution in [0.4, 0.5) is 0 Å². The highest BCUT2D eigenvalue weighted by Crippen LogP contribution is 2.39. The van der Waals surface area contributed by atoms with Crippen molar-refractivity contribution in [1.82, 2.24) is 0 Å². The molecule has 0 saturated heterocycles. The van der Waals surface area contributed by atoms with Gasteiger partial charge >= 0.3 is 0 Å². The summed E-state index contributed by atoms with van der Waals surface area (Å²) in [4.78, 5) is 12.9. The molecule has 3 aromatic carbocycles. The van der Waals surface area contributed by atoms with Crippen molar-refractivity contribution in [3.8, 4) is 23.0 Å². The first-order chi connectivity index (χ1) is 11.6. The second-order valence-electron chi connectivity index (χ2n) is 5.64. The van der Waals surface area contributed by atoms with E-state index in [1.807, 2.05) is 0 Å². The average molecular weight is 322 g/mol. The lowest BCUT2D eigenvalue weighted by Crippen LogP contribution is -2.03. The van der Waals surface area contributed by atoms with Crippen molar-refractivity contribution in [2.45, 2.75) is 0 Å². The molecule has 0 atom stereocenters. The minimum atomic E-state index is -0.246. The minimum absolute atomic E-state index is 0.0663. The number of ether oxygens (including phenoxy) is 2. The van der Waals surface area contributed by atoms with E-state index in [-0.39, 0.29) is 23.7 Å². The van der Waals surface area contributed by atoms with Crippen molar-refractivity contribution in [3.63, 3.8) is 0 Å². The molecule has 0 radical (unpaired) electrons. The Morgan fingerprint density at radius 2 is 1.62 bits per heavy atom. The van der Waals surface area contributed by atoms with Crippen LogP contribution in [-0.4, -0.2) is 17.0 Å². The standard InChI is InChI=1S/C18H10O6/c19-11-4-8-3-10-15(6-9(8)5-12(11)20)24-13-1-2-14-18(23-7-22-14)16(13)17(10)21/h1-6,19-20H,7H2. The molecular formula is C18H10O6. The Bertz CT molecular complexity index is 1220. The Morgan fingerprint density at radius 1 is 0.875 bits per heavy atom. The van der Waals surface area contributed by atoms with Crippen molar-refractivity contribution < 1.29 is 24.1 Å². The van der Waals surface area contributed by atoms with Crippen LogP contribution in [0, 0.1) is 0 Å². The van der Waals surface area contributed by atoms with Gasteiger partial charge in [0.2, 0.25) is 12.2 Å². The topological polar surface area (TPSA) is 89.1 Å². The first-order valence-corrected chi connectivity index (χ1v) is 7.27. The van der Waals surface area contributed by atoms with E-state index < -0.39 is 0 Å². The van der Waals surface area contributed by atoms with Gasteiger partial charge in [-0.05, 0) is 47.2 Å². The second-order valence-corrected chi connectivity index (χ2v) is 5.64. The first kappa shape index (κ1) is 13.1. The van der Waals surface area contributed by atoms with Crippen molar-refractivity contribution in [3.05, 3.63) is 46.6 Å². The van der Waals surface area contributed by atoms with Gasteiger partial charge in [0.1, 0.15) is 16.6 Å². The fraction of sp³-hybridized carbons (Fsp3) is 0.0556. The van der Waals surface area contributed by atoms with Gasteiger partial charge in [0.15, 0.2) is 23.0 Å². The van der Waals surface area contributed by atoms with Gasteiger partial charge in [-0.1, -0.05) is 0 Å². The quantitative estimate of drug-likeness (QED) is 0.382. The summed E-state index contributed by atoms with van der Waals surface area (Å²) in [6, 6.07) is 9.49. The summed E-state index contributed by atoms with van der Waals surface area (Å²) in [6.45, 7) is 0.0663. The molecule has 2 heterocycles. The van der Waals surface area contributed by atoms with Crippen molar-refractivity contribution >= 4 is 32.7 Å². The van der Waals surface area contributed by atoms with Crippen molar-refractivity contribution in [2.24, 2.45) is 0 Å². The molecule has 1 aliphatic rings. The number of rotatable bonds is 0. The van der Waals surface area contributed by atoms with E-state index in [1.165, 1.54) is 12.1 Å². The SMILES string of the molecule is O=c1c2cc3cc(O)c(O)cc3cc2oc2ccc3c(c12)OCO3. The third-order valence-electron chi connectivity index (χ3n) is 4.22. The van der Waals surface area contributed by atoms with Crippen LogP contribution in [0.15, 0.2) is 45.6 Å². The van der Waals surface area contributed by atoms with Gasteiger partial charge in [0.05, 0.1) is 5.39 Å². The molecule has 24 heavy (non-hydrogen) atoms. The van der Waals surface area contributed by atoms with Gasteiger partial charge in [-0.25, -0.2) is 0 Å². The van der Waals surface area contributed by atoms with Gasteiger partial charge in [-0.3, -0.25) is 4.79 Å². The lowest BCUT2D eigenvalue weighted by molar-refractivity contribution is 0.175. The lowest BCUT2D eigenvalue weighted by Gasteiger charge is -2.07. The van der Waals surface area contributed by atoms with E-state index in [0.29, 0.717) is 44.2 Å². The van der Waals surface area contributed by atoms with Crippen LogP contribution < -0.4 is 14.9 Å². The third kappa shape index (κ3) is 1.62. The number of hydrogen-bond acceptors (Lipinski definition) is 6. The van der Waals surface area contributed by atoms with Crippen LogP contribution >= 0.6 is 0 Å². The maximum atomic E-state index is 12.9. The summed E-state index contributed by atoms with van der Waals surface area (Å²) in [5, 5.41) is 21.3. The highest BCUT2D eigenvalue weighted by atomic mass is 16.7. The van der Waals surface area contributed by atoms with Crippen LogP contribution in [0.3, 0.4) is 0 Å². The van der Waals surface area contributed by atoms with Crippen LogP contribution in [0.2, 0.25) is 0 Å². The summed E-state index contributed by atoms with van der Waals surface area (Å²) in [6.07, 6.45) is 0. The maximum Gasteiger partial charge on any atom is 0.231 e. The smallest absolute Gasteiger partial charge is 0.231 e. The number of fused-ring (bicyclic) bond motifs is 5.